The van der Waals surface area contributed by atoms with Crippen molar-refractivity contribution in [3.63, 3.8) is 0 Å². The number of hydrogen-bond acceptors (Lipinski definition) is 4. The molecule has 2 aliphatic rings. The van der Waals surface area contributed by atoms with Crippen molar-refractivity contribution < 1.29 is 14.3 Å². The molecule has 0 radical (unpaired) electrons. The first-order valence-electron chi connectivity index (χ1n) is 8.66. The van der Waals surface area contributed by atoms with Gasteiger partial charge in [0.15, 0.2) is 11.5 Å². The van der Waals surface area contributed by atoms with E-state index in [1.54, 1.807) is 7.11 Å². The van der Waals surface area contributed by atoms with E-state index >= 15 is 0 Å². The lowest BCUT2D eigenvalue weighted by Gasteiger charge is -2.16. The highest BCUT2D eigenvalue weighted by molar-refractivity contribution is 6.11. The molecule has 0 spiro atoms. The molecule has 1 atom stereocenters. The average molecular weight is 315 g/mol. The second-order valence-electron chi connectivity index (χ2n) is 6.39. The second-order valence-corrected chi connectivity index (χ2v) is 6.39. The Bertz CT molecular complexity index is 603. The normalized spacial score (nSPS) is 23.7. The fourth-order valence-electron chi connectivity index (χ4n) is 3.56. The van der Waals surface area contributed by atoms with Gasteiger partial charge in [-0.15, -0.1) is 0 Å². The lowest BCUT2D eigenvalue weighted by Crippen LogP contribution is -2.13. The quantitative estimate of drug-likeness (QED) is 0.805. The summed E-state index contributed by atoms with van der Waals surface area (Å²) in [5.74, 6) is 1.83. The van der Waals surface area contributed by atoms with E-state index in [1.165, 1.54) is 12.8 Å². The van der Waals surface area contributed by atoms with Crippen LogP contribution in [0.25, 0.3) is 0 Å². The number of benzene rings is 1. The molecule has 0 amide bonds. The number of rotatable bonds is 5. The minimum Gasteiger partial charge on any atom is -0.493 e. The van der Waals surface area contributed by atoms with E-state index < -0.39 is 0 Å². The standard InChI is InChI=1S/C19H25NO3/c1-3-15-16(9-10-17(15)21)20-13-8-11-18(22-2)19(12-13)23-14-6-4-5-7-14/h8,11-12,14-15H,3-7,9-10H2,1-2H3. The van der Waals surface area contributed by atoms with Crippen LogP contribution in [0.2, 0.25) is 0 Å². The van der Waals surface area contributed by atoms with Crippen molar-refractivity contribution in [3.8, 4) is 11.5 Å². The monoisotopic (exact) mass is 315 g/mol. The van der Waals surface area contributed by atoms with E-state index in [1.807, 2.05) is 25.1 Å². The first kappa shape index (κ1) is 16.0. The largest absolute Gasteiger partial charge is 0.493 e. The van der Waals surface area contributed by atoms with Crippen molar-refractivity contribution in [2.24, 2.45) is 10.9 Å². The molecule has 4 nitrogen and oxygen atoms in total. The number of methoxy groups -OCH3 is 1. The zero-order valence-electron chi connectivity index (χ0n) is 14.0. The number of hydrogen-bond donors (Lipinski definition) is 0. The Labute approximate surface area is 137 Å². The van der Waals surface area contributed by atoms with Crippen LogP contribution in [0.5, 0.6) is 11.5 Å². The van der Waals surface area contributed by atoms with Gasteiger partial charge in [0.05, 0.1) is 24.8 Å². The summed E-state index contributed by atoms with van der Waals surface area (Å²) in [6.07, 6.45) is 7.19. The molecule has 0 heterocycles. The fourth-order valence-corrected chi connectivity index (χ4v) is 3.56. The Hall–Kier alpha value is -1.84. The predicted molar refractivity (Wildman–Crippen MR) is 91.0 cm³/mol. The van der Waals surface area contributed by atoms with Crippen LogP contribution in [0.1, 0.15) is 51.9 Å². The molecule has 0 bridgehead atoms. The van der Waals surface area contributed by atoms with Crippen molar-refractivity contribution >= 4 is 17.2 Å². The second kappa shape index (κ2) is 7.16. The zero-order chi connectivity index (χ0) is 16.2. The summed E-state index contributed by atoms with van der Waals surface area (Å²) in [4.78, 5) is 16.6. The van der Waals surface area contributed by atoms with E-state index in [-0.39, 0.29) is 12.0 Å². The number of nitrogens with zero attached hydrogens (tertiary/aromatic N) is 1. The van der Waals surface area contributed by atoms with Gasteiger partial charge in [-0.05, 0) is 50.7 Å². The van der Waals surface area contributed by atoms with Crippen LogP contribution in [-0.4, -0.2) is 24.7 Å². The summed E-state index contributed by atoms with van der Waals surface area (Å²) in [6.45, 7) is 2.05. The Balaban J connectivity index is 1.83. The van der Waals surface area contributed by atoms with Crippen molar-refractivity contribution in [2.75, 3.05) is 7.11 Å². The van der Waals surface area contributed by atoms with Crippen molar-refractivity contribution in [3.05, 3.63) is 18.2 Å². The van der Waals surface area contributed by atoms with E-state index in [9.17, 15) is 4.79 Å². The summed E-state index contributed by atoms with van der Waals surface area (Å²) in [6, 6.07) is 5.78. The Morgan fingerprint density at radius 3 is 2.65 bits per heavy atom. The summed E-state index contributed by atoms with van der Waals surface area (Å²) >= 11 is 0. The molecule has 1 aromatic carbocycles. The SMILES string of the molecule is CCC1C(=O)CCC1=Nc1ccc(OC)c(OC2CCCC2)c1. The molecule has 0 aliphatic heterocycles. The number of carbonyl (C=O) groups excluding carboxylic acids is 1. The Morgan fingerprint density at radius 1 is 1.17 bits per heavy atom. The van der Waals surface area contributed by atoms with Gasteiger partial charge >= 0.3 is 0 Å². The van der Waals surface area contributed by atoms with E-state index in [4.69, 9.17) is 14.5 Å². The number of ketones is 1. The maximum Gasteiger partial charge on any atom is 0.163 e. The van der Waals surface area contributed by atoms with Gasteiger partial charge in [0.1, 0.15) is 5.78 Å². The fraction of sp³-hybridized carbons (Fsp3) is 0.579. The molecule has 2 aliphatic carbocycles. The predicted octanol–water partition coefficient (Wildman–Crippen LogP) is 4.48. The van der Waals surface area contributed by atoms with Gasteiger partial charge < -0.3 is 9.47 Å². The number of Topliss-reactive ketones (excluding diaryl/α,β-unsaturated/α-hetero) is 1. The average Bonchev–Trinajstić information content (AvgIpc) is 3.18. The first-order chi connectivity index (χ1) is 11.2. The highest BCUT2D eigenvalue weighted by Gasteiger charge is 2.29. The minimum atomic E-state index is -0.00342. The first-order valence-corrected chi connectivity index (χ1v) is 8.66. The molecule has 23 heavy (non-hydrogen) atoms. The maximum atomic E-state index is 11.9. The number of ether oxygens (including phenoxy) is 2. The molecule has 3 rings (SSSR count). The number of carbonyl (C=O) groups is 1. The molecule has 1 unspecified atom stereocenters. The molecular weight excluding hydrogens is 290 g/mol. The summed E-state index contributed by atoms with van der Waals surface area (Å²) < 4.78 is 11.5. The molecule has 124 valence electrons. The van der Waals surface area contributed by atoms with Crippen LogP contribution < -0.4 is 9.47 Å². The van der Waals surface area contributed by atoms with Crippen molar-refractivity contribution in [2.45, 2.75) is 58.0 Å². The van der Waals surface area contributed by atoms with Gasteiger partial charge in [0, 0.05) is 18.2 Å². The lowest BCUT2D eigenvalue weighted by molar-refractivity contribution is -0.119. The van der Waals surface area contributed by atoms with E-state index in [0.29, 0.717) is 12.2 Å². The highest BCUT2D eigenvalue weighted by atomic mass is 16.5. The van der Waals surface area contributed by atoms with E-state index in [0.717, 1.165) is 48.6 Å². The zero-order valence-corrected chi connectivity index (χ0v) is 14.0. The lowest BCUT2D eigenvalue weighted by atomic mass is 10.0. The third-order valence-corrected chi connectivity index (χ3v) is 4.84. The Kier molecular flexibility index (Phi) is 4.99. The number of aliphatic imine (C=N–C) groups is 1. The molecule has 0 N–H and O–H groups in total. The third kappa shape index (κ3) is 3.57. The van der Waals surface area contributed by atoms with Crippen LogP contribution in [0, 0.1) is 5.92 Å². The van der Waals surface area contributed by atoms with Crippen LogP contribution in [0.3, 0.4) is 0 Å². The van der Waals surface area contributed by atoms with Gasteiger partial charge in [-0.25, -0.2) is 0 Å². The molecule has 2 saturated carbocycles. The summed E-state index contributed by atoms with van der Waals surface area (Å²) in [5.41, 5.74) is 1.86. The van der Waals surface area contributed by atoms with Gasteiger partial charge in [-0.1, -0.05) is 6.92 Å². The van der Waals surface area contributed by atoms with Gasteiger partial charge in [-0.3, -0.25) is 9.79 Å². The van der Waals surface area contributed by atoms with Gasteiger partial charge in [-0.2, -0.15) is 0 Å². The summed E-state index contributed by atoms with van der Waals surface area (Å²) in [7, 11) is 1.66. The highest BCUT2D eigenvalue weighted by Crippen LogP contribution is 2.35. The topological polar surface area (TPSA) is 47.9 Å². The molecule has 0 saturated heterocycles. The van der Waals surface area contributed by atoms with Crippen molar-refractivity contribution in [1.29, 1.82) is 0 Å². The summed E-state index contributed by atoms with van der Waals surface area (Å²) in [5, 5.41) is 0. The minimum absolute atomic E-state index is 0.00342. The van der Waals surface area contributed by atoms with Crippen LogP contribution in [0.15, 0.2) is 23.2 Å². The molecule has 1 aromatic rings. The van der Waals surface area contributed by atoms with Crippen molar-refractivity contribution in [1.82, 2.24) is 0 Å². The smallest absolute Gasteiger partial charge is 0.163 e. The molecule has 2 fully saturated rings. The Morgan fingerprint density at radius 2 is 1.96 bits per heavy atom. The van der Waals surface area contributed by atoms with Gasteiger partial charge in [0.25, 0.3) is 0 Å². The van der Waals surface area contributed by atoms with Crippen LogP contribution in [-0.2, 0) is 4.79 Å². The molecule has 0 aromatic heterocycles. The van der Waals surface area contributed by atoms with E-state index in [2.05, 4.69) is 0 Å². The maximum absolute atomic E-state index is 11.9. The van der Waals surface area contributed by atoms with Crippen LogP contribution in [0.4, 0.5) is 5.69 Å². The van der Waals surface area contributed by atoms with Crippen LogP contribution >= 0.6 is 0 Å². The van der Waals surface area contributed by atoms with Gasteiger partial charge in [0.2, 0.25) is 0 Å². The molecular formula is C19H25NO3. The molecule has 4 heteroatoms. The third-order valence-electron chi connectivity index (χ3n) is 4.84.